The molecule has 258 valence electrons. The van der Waals surface area contributed by atoms with Crippen LogP contribution in [0.15, 0.2) is 42.9 Å². The van der Waals surface area contributed by atoms with Crippen molar-refractivity contribution >= 4 is 28.7 Å². The SMILES string of the molecule is CNc1cc(N2CCc3c(-c4ncc(CN5CCC6(CCNCC6)C(F)(F)C5)cn4)cccc32)nn2c(C(=O)N[C@@H]3CC[C@H]3OC)cnc12. The lowest BCUT2D eigenvalue weighted by molar-refractivity contribution is -0.181. The summed E-state index contributed by atoms with van der Waals surface area (Å²) in [6.45, 7) is 2.82. The molecule has 0 unspecified atom stereocenters. The Labute approximate surface area is 283 Å². The molecular weight excluding hydrogens is 630 g/mol. The third-order valence-corrected chi connectivity index (χ3v) is 11.1. The van der Waals surface area contributed by atoms with Crippen molar-refractivity contribution in [2.24, 2.45) is 5.41 Å². The summed E-state index contributed by atoms with van der Waals surface area (Å²) in [4.78, 5) is 31.2. The van der Waals surface area contributed by atoms with Crippen molar-refractivity contribution in [2.75, 3.05) is 57.1 Å². The Bertz CT molecular complexity index is 1860. The zero-order valence-electron chi connectivity index (χ0n) is 27.9. The second-order valence-electron chi connectivity index (χ2n) is 13.8. The van der Waals surface area contributed by atoms with E-state index in [1.165, 1.54) is 0 Å². The highest BCUT2D eigenvalue weighted by Crippen LogP contribution is 2.50. The minimum absolute atomic E-state index is 0.0182. The van der Waals surface area contributed by atoms with E-state index in [9.17, 15) is 4.79 Å². The summed E-state index contributed by atoms with van der Waals surface area (Å²) < 4.78 is 37.8. The van der Waals surface area contributed by atoms with E-state index >= 15 is 8.78 Å². The van der Waals surface area contributed by atoms with Crippen molar-refractivity contribution in [3.8, 4) is 11.4 Å². The zero-order valence-corrected chi connectivity index (χ0v) is 27.9. The molecule has 1 aromatic carbocycles. The Kier molecular flexibility index (Phi) is 8.19. The number of rotatable bonds is 8. The van der Waals surface area contributed by atoms with E-state index in [1.54, 1.807) is 30.2 Å². The molecule has 1 saturated carbocycles. The molecule has 3 fully saturated rings. The van der Waals surface area contributed by atoms with E-state index in [0.717, 1.165) is 47.3 Å². The number of carbonyl (C=O) groups is 1. The smallest absolute Gasteiger partial charge is 0.271 e. The van der Waals surface area contributed by atoms with Crippen LogP contribution in [0, 0.1) is 5.41 Å². The van der Waals surface area contributed by atoms with Gasteiger partial charge in [0.15, 0.2) is 23.0 Å². The summed E-state index contributed by atoms with van der Waals surface area (Å²) in [5.41, 5.74) is 4.63. The summed E-state index contributed by atoms with van der Waals surface area (Å²) in [6.07, 6.45) is 9.22. The summed E-state index contributed by atoms with van der Waals surface area (Å²) in [5.74, 6) is -1.68. The van der Waals surface area contributed by atoms with Crippen LogP contribution < -0.4 is 20.9 Å². The maximum absolute atomic E-state index is 15.4. The summed E-state index contributed by atoms with van der Waals surface area (Å²) in [7, 11) is 3.49. The number of nitrogens with zero attached hydrogens (tertiary/aromatic N) is 7. The molecule has 4 aliphatic rings. The number of aromatic nitrogens is 5. The molecule has 1 spiro atoms. The second-order valence-corrected chi connectivity index (χ2v) is 13.8. The van der Waals surface area contributed by atoms with Crippen LogP contribution in [0.5, 0.6) is 0 Å². The topological polar surface area (TPSA) is 125 Å². The molecule has 3 N–H and O–H groups in total. The Morgan fingerprint density at radius 1 is 1.08 bits per heavy atom. The first-order chi connectivity index (χ1) is 23.8. The molecule has 0 radical (unpaired) electrons. The largest absolute Gasteiger partial charge is 0.385 e. The number of benzene rings is 1. The standard InChI is InChI=1S/C35H42F2N10O2/c1-38-26-16-30(44-47-28(19-42-32(26)47)33(48)43-25-6-7-29(25)49-2)46-14-8-23-24(4-3-5-27(23)46)31-40-17-22(18-41-31)20-45-15-11-34(35(36,37)21-45)9-12-39-13-10-34/h3-5,16-19,25,29,38-39H,6-15,20-21H2,1-2H3,(H,43,48)/t25-,29-/m1/s1. The van der Waals surface area contributed by atoms with Crippen LogP contribution in [0.4, 0.5) is 26.0 Å². The van der Waals surface area contributed by atoms with Crippen molar-refractivity contribution in [1.29, 1.82) is 0 Å². The van der Waals surface area contributed by atoms with E-state index in [-0.39, 0.29) is 24.6 Å². The maximum Gasteiger partial charge on any atom is 0.271 e. The molecule has 3 aliphatic heterocycles. The number of imidazole rings is 1. The van der Waals surface area contributed by atoms with Gasteiger partial charge in [0.25, 0.3) is 11.8 Å². The molecule has 1 aliphatic carbocycles. The number of methoxy groups -OCH3 is 1. The normalized spacial score (nSPS) is 23.0. The average Bonchev–Trinajstić information content (AvgIpc) is 3.74. The van der Waals surface area contributed by atoms with E-state index in [1.807, 2.05) is 30.1 Å². The highest BCUT2D eigenvalue weighted by Gasteiger charge is 2.56. The molecule has 6 heterocycles. The lowest BCUT2D eigenvalue weighted by Crippen LogP contribution is -2.58. The van der Waals surface area contributed by atoms with Crippen LogP contribution >= 0.6 is 0 Å². The van der Waals surface area contributed by atoms with Crippen LogP contribution in [-0.2, 0) is 17.7 Å². The molecular formula is C35H42F2N10O2. The summed E-state index contributed by atoms with van der Waals surface area (Å²) in [6, 6.07) is 7.97. The summed E-state index contributed by atoms with van der Waals surface area (Å²) in [5, 5.41) is 14.4. The Morgan fingerprint density at radius 2 is 1.90 bits per heavy atom. The van der Waals surface area contributed by atoms with Gasteiger partial charge in [-0.3, -0.25) is 9.69 Å². The molecule has 14 heteroatoms. The van der Waals surface area contributed by atoms with Crippen molar-refractivity contribution in [3.63, 3.8) is 0 Å². The van der Waals surface area contributed by atoms with Crippen LogP contribution in [0.2, 0.25) is 0 Å². The predicted octanol–water partition coefficient (Wildman–Crippen LogP) is 4.04. The monoisotopic (exact) mass is 672 g/mol. The van der Waals surface area contributed by atoms with E-state index in [2.05, 4.69) is 31.9 Å². The highest BCUT2D eigenvalue weighted by atomic mass is 19.3. The van der Waals surface area contributed by atoms with Gasteiger partial charge in [0, 0.05) is 67.9 Å². The van der Waals surface area contributed by atoms with Gasteiger partial charge in [-0.2, -0.15) is 0 Å². The minimum Gasteiger partial charge on any atom is -0.385 e. The van der Waals surface area contributed by atoms with Crippen molar-refractivity contribution in [2.45, 2.75) is 63.1 Å². The number of fused-ring (bicyclic) bond motifs is 2. The Morgan fingerprint density at radius 3 is 2.61 bits per heavy atom. The second kappa shape index (κ2) is 12.6. The molecule has 0 bridgehead atoms. The van der Waals surface area contributed by atoms with Gasteiger partial charge in [-0.1, -0.05) is 12.1 Å². The third-order valence-electron chi connectivity index (χ3n) is 11.1. The van der Waals surface area contributed by atoms with Gasteiger partial charge >= 0.3 is 0 Å². The average molecular weight is 673 g/mol. The fourth-order valence-corrected chi connectivity index (χ4v) is 8.04. The number of amides is 1. The molecule has 49 heavy (non-hydrogen) atoms. The van der Waals surface area contributed by atoms with Crippen LogP contribution in [0.3, 0.4) is 0 Å². The third kappa shape index (κ3) is 5.59. The fourth-order valence-electron chi connectivity index (χ4n) is 8.04. The van der Waals surface area contributed by atoms with Crippen LogP contribution in [0.25, 0.3) is 17.0 Å². The van der Waals surface area contributed by atoms with Crippen molar-refractivity contribution in [1.82, 2.24) is 40.1 Å². The number of hydrogen-bond donors (Lipinski definition) is 3. The van der Waals surface area contributed by atoms with Crippen molar-refractivity contribution < 1.29 is 18.3 Å². The molecule has 2 saturated heterocycles. The molecule has 1 amide bonds. The maximum atomic E-state index is 15.4. The van der Waals surface area contributed by atoms with Crippen molar-refractivity contribution in [3.05, 3.63) is 59.7 Å². The van der Waals surface area contributed by atoms with Gasteiger partial charge in [-0.05, 0) is 69.8 Å². The highest BCUT2D eigenvalue weighted by molar-refractivity contribution is 5.94. The van der Waals surface area contributed by atoms with E-state index in [0.29, 0.717) is 75.0 Å². The molecule has 3 aromatic heterocycles. The van der Waals surface area contributed by atoms with Gasteiger partial charge in [0.2, 0.25) is 0 Å². The molecule has 12 nitrogen and oxygen atoms in total. The number of halogens is 2. The molecule has 8 rings (SSSR count). The number of piperidine rings is 2. The lowest BCUT2D eigenvalue weighted by atomic mass is 9.69. The van der Waals surface area contributed by atoms with Gasteiger partial charge in [0.1, 0.15) is 0 Å². The van der Waals surface area contributed by atoms with Gasteiger partial charge in [-0.25, -0.2) is 28.2 Å². The first-order valence-corrected chi connectivity index (χ1v) is 17.2. The molecule has 4 aromatic rings. The lowest BCUT2D eigenvalue weighted by Gasteiger charge is -2.49. The first-order valence-electron chi connectivity index (χ1n) is 17.2. The van der Waals surface area contributed by atoms with Gasteiger partial charge in [-0.15, -0.1) is 5.10 Å². The number of ether oxygens (including phenoxy) is 1. The van der Waals surface area contributed by atoms with Crippen LogP contribution in [0.1, 0.15) is 53.7 Å². The molecule has 2 atom stereocenters. The van der Waals surface area contributed by atoms with E-state index in [4.69, 9.17) is 19.8 Å². The number of anilines is 3. The van der Waals surface area contributed by atoms with Gasteiger partial charge in [0.05, 0.1) is 30.6 Å². The quantitative estimate of drug-likeness (QED) is 0.253. The Hall–Kier alpha value is -4.27. The van der Waals surface area contributed by atoms with Gasteiger partial charge < -0.3 is 25.6 Å². The fraction of sp³-hybridized carbons (Fsp3) is 0.514. The first kappa shape index (κ1) is 32.0. The number of hydrogen-bond acceptors (Lipinski definition) is 10. The summed E-state index contributed by atoms with van der Waals surface area (Å²) >= 11 is 0. The van der Waals surface area contributed by atoms with Crippen LogP contribution in [-0.4, -0.2) is 100 Å². The Balaban J connectivity index is 1.01. The minimum atomic E-state index is -2.71. The number of nitrogens with one attached hydrogen (secondary N) is 3. The zero-order chi connectivity index (χ0) is 33.8. The number of alkyl halides is 2. The van der Waals surface area contributed by atoms with E-state index < -0.39 is 11.3 Å². The number of carbonyl (C=O) groups excluding carboxylic acids is 1. The number of likely N-dealkylation sites (tertiary alicyclic amines) is 1. The predicted molar refractivity (Wildman–Crippen MR) is 181 cm³/mol.